The van der Waals surface area contributed by atoms with Crippen molar-refractivity contribution in [2.75, 3.05) is 13.7 Å². The van der Waals surface area contributed by atoms with Gasteiger partial charge < -0.3 is 19.9 Å². The number of hydrogen-bond acceptors (Lipinski definition) is 5. The zero-order chi connectivity index (χ0) is 15.1. The Morgan fingerprint density at radius 2 is 1.84 bits per heavy atom. The van der Waals surface area contributed by atoms with E-state index in [9.17, 15) is 14.7 Å². The van der Waals surface area contributed by atoms with Crippen molar-refractivity contribution in [3.8, 4) is 0 Å². The molecule has 0 saturated heterocycles. The van der Waals surface area contributed by atoms with E-state index >= 15 is 0 Å². The van der Waals surface area contributed by atoms with Crippen LogP contribution in [0.3, 0.4) is 0 Å². The predicted octanol–water partition coefficient (Wildman–Crippen LogP) is 0.319. The van der Waals surface area contributed by atoms with Gasteiger partial charge in [-0.05, 0) is 11.2 Å². The van der Waals surface area contributed by atoms with Crippen LogP contribution in [0.15, 0.2) is 12.3 Å². The smallest absolute Gasteiger partial charge is 0.331 e. The molecule has 0 atom stereocenters. The van der Waals surface area contributed by atoms with Crippen molar-refractivity contribution in [2.24, 2.45) is 5.41 Å². The summed E-state index contributed by atoms with van der Waals surface area (Å²) in [6.45, 7) is 6.66. The summed E-state index contributed by atoms with van der Waals surface area (Å²) in [6, 6.07) is 0. The Hall–Kier alpha value is -1.40. The minimum absolute atomic E-state index is 0.175. The fraction of sp³-hybridized carbons (Fsp3) is 0.692. The first-order chi connectivity index (χ1) is 8.56. The van der Waals surface area contributed by atoms with E-state index in [0.717, 1.165) is 6.08 Å². The first kappa shape index (κ1) is 17.6. The second kappa shape index (κ2) is 7.25. The summed E-state index contributed by atoms with van der Waals surface area (Å²) >= 11 is 0. The average Bonchev–Trinajstić information content (AvgIpc) is 2.25. The van der Waals surface area contributed by atoms with Gasteiger partial charge in [-0.15, -0.1) is 0 Å². The molecular formula is C13H22NO5-. The molecule has 0 radical (unpaired) electrons. The van der Waals surface area contributed by atoms with Crippen LogP contribution in [0.4, 0.5) is 0 Å². The van der Waals surface area contributed by atoms with Crippen LogP contribution in [-0.4, -0.2) is 31.4 Å². The molecule has 110 valence electrons. The molecule has 0 unspecified atom stereocenters. The topological polar surface area (TPSA) is 87.7 Å². The minimum atomic E-state index is -1.47. The maximum atomic E-state index is 11.6. The number of esters is 1. The summed E-state index contributed by atoms with van der Waals surface area (Å²) in [6.07, 6.45) is 2.51. The van der Waals surface area contributed by atoms with E-state index < -0.39 is 17.2 Å². The van der Waals surface area contributed by atoms with E-state index in [1.54, 1.807) is 0 Å². The standard InChI is InChI=1S/C13H22NO5/c1-12(2,9-19-13(3,4)17)8-10(15)14-7-6-11(16)18-5/h6-7H,8-9H2,1-5H3,(H,14,15)/q-1/b7-6+. The highest BCUT2D eigenvalue weighted by Crippen LogP contribution is 2.22. The molecule has 0 bridgehead atoms. The van der Waals surface area contributed by atoms with Gasteiger partial charge in [-0.2, -0.15) is 0 Å². The molecule has 0 aromatic rings. The van der Waals surface area contributed by atoms with Crippen LogP contribution < -0.4 is 10.4 Å². The largest absolute Gasteiger partial charge is 0.829 e. The lowest BCUT2D eigenvalue weighted by Crippen LogP contribution is -2.42. The van der Waals surface area contributed by atoms with E-state index in [4.69, 9.17) is 4.74 Å². The van der Waals surface area contributed by atoms with E-state index in [0.29, 0.717) is 0 Å². The number of carbonyl (C=O) groups excluding carboxylic acids is 2. The Labute approximate surface area is 113 Å². The van der Waals surface area contributed by atoms with E-state index in [1.165, 1.54) is 27.2 Å². The van der Waals surface area contributed by atoms with Gasteiger partial charge in [0, 0.05) is 18.7 Å². The van der Waals surface area contributed by atoms with Crippen molar-refractivity contribution >= 4 is 11.9 Å². The SMILES string of the molecule is COC(=O)/C=C/NC(=O)CC(C)(C)COC(C)(C)[O-]. The normalized spacial score (nSPS) is 12.5. The molecule has 0 heterocycles. The molecule has 6 heteroatoms. The molecule has 19 heavy (non-hydrogen) atoms. The third-order valence-electron chi connectivity index (χ3n) is 2.11. The monoisotopic (exact) mass is 272 g/mol. The third kappa shape index (κ3) is 10.2. The molecule has 0 spiro atoms. The fourth-order valence-electron chi connectivity index (χ4n) is 1.18. The molecule has 0 saturated carbocycles. The number of rotatable bonds is 7. The lowest BCUT2D eigenvalue weighted by Gasteiger charge is -2.36. The number of amides is 1. The molecular weight excluding hydrogens is 250 g/mol. The number of methoxy groups -OCH3 is 1. The van der Waals surface area contributed by atoms with Gasteiger partial charge >= 0.3 is 5.97 Å². The molecule has 0 aliphatic rings. The van der Waals surface area contributed by atoms with Crippen molar-refractivity contribution in [3.05, 3.63) is 12.3 Å². The highest BCUT2D eigenvalue weighted by molar-refractivity contribution is 5.83. The van der Waals surface area contributed by atoms with E-state index in [-0.39, 0.29) is 18.9 Å². The van der Waals surface area contributed by atoms with Gasteiger partial charge in [0.15, 0.2) is 0 Å². The van der Waals surface area contributed by atoms with Crippen LogP contribution >= 0.6 is 0 Å². The Morgan fingerprint density at radius 1 is 1.26 bits per heavy atom. The maximum Gasteiger partial charge on any atom is 0.331 e. The molecule has 0 fully saturated rings. The Bertz CT molecular complexity index is 341. The van der Waals surface area contributed by atoms with Gasteiger partial charge in [0.05, 0.1) is 13.7 Å². The number of nitrogens with one attached hydrogen (secondary N) is 1. The van der Waals surface area contributed by atoms with Gasteiger partial charge in [0.25, 0.3) is 0 Å². The maximum absolute atomic E-state index is 11.6. The van der Waals surface area contributed by atoms with Gasteiger partial charge in [-0.1, -0.05) is 27.7 Å². The lowest BCUT2D eigenvalue weighted by atomic mass is 9.90. The molecule has 0 aromatic carbocycles. The summed E-state index contributed by atoms with van der Waals surface area (Å²) in [5, 5.41) is 13.8. The van der Waals surface area contributed by atoms with Crippen molar-refractivity contribution in [2.45, 2.75) is 39.9 Å². The van der Waals surface area contributed by atoms with Crippen molar-refractivity contribution in [3.63, 3.8) is 0 Å². The molecule has 0 aliphatic heterocycles. The molecule has 1 N–H and O–H groups in total. The second-order valence-corrected chi connectivity index (χ2v) is 5.45. The molecule has 6 nitrogen and oxygen atoms in total. The Morgan fingerprint density at radius 3 is 2.32 bits per heavy atom. The summed E-state index contributed by atoms with van der Waals surface area (Å²) in [5.41, 5.74) is -0.467. The molecule has 0 aliphatic carbocycles. The van der Waals surface area contributed by atoms with E-state index in [2.05, 4.69) is 10.1 Å². The van der Waals surface area contributed by atoms with Crippen LogP contribution in [0, 0.1) is 5.41 Å². The van der Waals surface area contributed by atoms with Crippen molar-refractivity contribution < 1.29 is 24.2 Å². The van der Waals surface area contributed by atoms with Crippen LogP contribution in [0.1, 0.15) is 34.1 Å². The average molecular weight is 272 g/mol. The minimum Gasteiger partial charge on any atom is -0.829 e. The van der Waals surface area contributed by atoms with Crippen LogP contribution in [0.25, 0.3) is 0 Å². The van der Waals surface area contributed by atoms with Gasteiger partial charge in [0.1, 0.15) is 0 Å². The van der Waals surface area contributed by atoms with Crippen molar-refractivity contribution in [1.29, 1.82) is 0 Å². The summed E-state index contributed by atoms with van der Waals surface area (Å²) in [5.74, 6) is -2.29. The Balaban J connectivity index is 4.16. The first-order valence-corrected chi connectivity index (χ1v) is 5.94. The third-order valence-corrected chi connectivity index (χ3v) is 2.11. The highest BCUT2D eigenvalue weighted by atomic mass is 16.6. The van der Waals surface area contributed by atoms with Gasteiger partial charge in [-0.3, -0.25) is 4.79 Å². The van der Waals surface area contributed by atoms with Crippen LogP contribution in [0.2, 0.25) is 0 Å². The number of ether oxygens (including phenoxy) is 2. The quantitative estimate of drug-likeness (QED) is 0.409. The first-order valence-electron chi connectivity index (χ1n) is 5.94. The van der Waals surface area contributed by atoms with Crippen molar-refractivity contribution in [1.82, 2.24) is 5.32 Å². The second-order valence-electron chi connectivity index (χ2n) is 5.45. The Kier molecular flexibility index (Phi) is 6.72. The molecule has 0 aromatic heterocycles. The fourth-order valence-corrected chi connectivity index (χ4v) is 1.18. The summed E-state index contributed by atoms with van der Waals surface area (Å²) in [4.78, 5) is 22.4. The molecule has 1 amide bonds. The van der Waals surface area contributed by atoms with Gasteiger partial charge in [0.2, 0.25) is 5.91 Å². The van der Waals surface area contributed by atoms with E-state index in [1.807, 2.05) is 13.8 Å². The summed E-state index contributed by atoms with van der Waals surface area (Å²) < 4.78 is 9.50. The zero-order valence-electron chi connectivity index (χ0n) is 12.1. The summed E-state index contributed by atoms with van der Waals surface area (Å²) in [7, 11) is 1.25. The lowest BCUT2D eigenvalue weighted by molar-refractivity contribution is -0.544. The zero-order valence-corrected chi connectivity index (χ0v) is 12.1. The van der Waals surface area contributed by atoms with Crippen LogP contribution in [0.5, 0.6) is 0 Å². The predicted molar refractivity (Wildman–Crippen MR) is 67.7 cm³/mol. The number of carbonyl (C=O) groups is 2. The van der Waals surface area contributed by atoms with Crippen LogP contribution in [-0.2, 0) is 19.1 Å². The number of hydrogen-bond donors (Lipinski definition) is 1. The highest BCUT2D eigenvalue weighted by Gasteiger charge is 2.23. The van der Waals surface area contributed by atoms with Gasteiger partial charge in [-0.25, -0.2) is 4.79 Å². The molecule has 0 rings (SSSR count).